The fourth-order valence-corrected chi connectivity index (χ4v) is 1.76. The second-order valence-electron chi connectivity index (χ2n) is 4.01. The zero-order valence-corrected chi connectivity index (χ0v) is 9.64. The molecule has 0 spiro atoms. The molecule has 0 bridgehead atoms. The van der Waals surface area contributed by atoms with Gasteiger partial charge in [-0.15, -0.1) is 0 Å². The van der Waals surface area contributed by atoms with Crippen molar-refractivity contribution in [2.45, 2.75) is 0 Å². The summed E-state index contributed by atoms with van der Waals surface area (Å²) in [4.78, 5) is 0. The predicted octanol–water partition coefficient (Wildman–Crippen LogP) is 3.31. The summed E-state index contributed by atoms with van der Waals surface area (Å²) in [5, 5.41) is 0. The first-order valence-corrected chi connectivity index (χ1v) is 5.31. The summed E-state index contributed by atoms with van der Waals surface area (Å²) in [6, 6.07) is 2.36. The van der Waals surface area contributed by atoms with E-state index in [1.165, 1.54) is 6.07 Å². The minimum absolute atomic E-state index is 0.228. The van der Waals surface area contributed by atoms with E-state index in [-0.39, 0.29) is 11.4 Å². The van der Waals surface area contributed by atoms with Gasteiger partial charge >= 0.3 is 0 Å². The van der Waals surface area contributed by atoms with E-state index in [9.17, 15) is 17.6 Å². The largest absolute Gasteiger partial charge is 0.446 e. The number of ether oxygens (including phenoxy) is 2. The van der Waals surface area contributed by atoms with E-state index in [2.05, 4.69) is 0 Å². The van der Waals surface area contributed by atoms with Gasteiger partial charge in [0.15, 0.2) is 23.2 Å². The second-order valence-corrected chi connectivity index (χ2v) is 4.01. The number of hydrogen-bond donors (Lipinski definition) is 2. The Bertz CT molecular complexity index is 749. The molecule has 2 aromatic carbocycles. The molecule has 1 aliphatic rings. The Balaban J connectivity index is 2.26. The van der Waals surface area contributed by atoms with Gasteiger partial charge in [-0.1, -0.05) is 0 Å². The van der Waals surface area contributed by atoms with E-state index in [4.69, 9.17) is 20.9 Å². The van der Waals surface area contributed by atoms with E-state index in [1.54, 1.807) is 0 Å². The third kappa shape index (κ3) is 1.47. The molecule has 0 atom stereocenters. The molecule has 2 aromatic rings. The van der Waals surface area contributed by atoms with Crippen molar-refractivity contribution in [3.05, 3.63) is 35.4 Å². The van der Waals surface area contributed by atoms with Gasteiger partial charge in [0.1, 0.15) is 5.69 Å². The first-order valence-electron chi connectivity index (χ1n) is 5.31. The van der Waals surface area contributed by atoms with Gasteiger partial charge in [-0.2, -0.15) is 4.39 Å². The van der Waals surface area contributed by atoms with Crippen molar-refractivity contribution in [1.29, 1.82) is 0 Å². The van der Waals surface area contributed by atoms with Gasteiger partial charge in [0.25, 0.3) is 0 Å². The third-order valence-electron chi connectivity index (χ3n) is 2.78. The van der Waals surface area contributed by atoms with Crippen LogP contribution in [-0.2, 0) is 0 Å². The molecule has 0 saturated heterocycles. The van der Waals surface area contributed by atoms with Crippen molar-refractivity contribution in [2.75, 3.05) is 11.5 Å². The maximum absolute atomic E-state index is 13.7. The van der Waals surface area contributed by atoms with Crippen LogP contribution in [0, 0.1) is 23.3 Å². The van der Waals surface area contributed by atoms with E-state index < -0.39 is 46.2 Å². The second kappa shape index (κ2) is 3.92. The molecule has 1 aliphatic heterocycles. The summed E-state index contributed by atoms with van der Waals surface area (Å²) in [6.45, 7) is 0. The number of nitrogen functional groups attached to an aromatic ring is 2. The molecule has 0 saturated carbocycles. The lowest BCUT2D eigenvalue weighted by molar-refractivity contribution is 0.307. The zero-order valence-electron chi connectivity index (χ0n) is 9.64. The van der Waals surface area contributed by atoms with Crippen LogP contribution in [0.25, 0.3) is 0 Å². The van der Waals surface area contributed by atoms with Gasteiger partial charge in [-0.25, -0.2) is 13.2 Å². The number of hydrogen-bond acceptors (Lipinski definition) is 4. The molecule has 0 aliphatic carbocycles. The summed E-state index contributed by atoms with van der Waals surface area (Å²) >= 11 is 0. The molecule has 20 heavy (non-hydrogen) atoms. The molecule has 0 aromatic heterocycles. The van der Waals surface area contributed by atoms with E-state index in [0.29, 0.717) is 0 Å². The van der Waals surface area contributed by atoms with Crippen molar-refractivity contribution in [3.8, 4) is 23.0 Å². The maximum Gasteiger partial charge on any atom is 0.212 e. The van der Waals surface area contributed by atoms with Crippen LogP contribution in [0.4, 0.5) is 28.9 Å². The summed E-state index contributed by atoms with van der Waals surface area (Å²) in [5.41, 5.74) is 9.04. The summed E-state index contributed by atoms with van der Waals surface area (Å²) in [6.07, 6.45) is 0. The highest BCUT2D eigenvalue weighted by Gasteiger charge is 2.33. The molecule has 8 heteroatoms. The quantitative estimate of drug-likeness (QED) is 0.378. The van der Waals surface area contributed by atoms with Gasteiger partial charge in [-0.3, -0.25) is 0 Å². The first-order chi connectivity index (χ1) is 9.41. The van der Waals surface area contributed by atoms with Gasteiger partial charge in [0.2, 0.25) is 23.1 Å². The molecule has 0 fully saturated rings. The Hall–Kier alpha value is -2.64. The third-order valence-corrected chi connectivity index (χ3v) is 2.78. The summed E-state index contributed by atoms with van der Waals surface area (Å²) in [7, 11) is 0. The smallest absolute Gasteiger partial charge is 0.212 e. The van der Waals surface area contributed by atoms with Crippen molar-refractivity contribution in [2.24, 2.45) is 0 Å². The normalized spacial score (nSPS) is 12.2. The number of anilines is 2. The van der Waals surface area contributed by atoms with E-state index >= 15 is 0 Å². The average molecular weight is 286 g/mol. The van der Waals surface area contributed by atoms with Crippen molar-refractivity contribution >= 4 is 11.4 Å². The fraction of sp³-hybridized carbons (Fsp3) is 0. The Morgan fingerprint density at radius 2 is 1.35 bits per heavy atom. The summed E-state index contributed by atoms with van der Waals surface area (Å²) in [5.74, 6) is -8.03. The van der Waals surface area contributed by atoms with Crippen LogP contribution in [0.5, 0.6) is 23.0 Å². The molecule has 0 radical (unpaired) electrons. The van der Waals surface area contributed by atoms with Crippen LogP contribution in [0.3, 0.4) is 0 Å². The highest BCUT2D eigenvalue weighted by Crippen LogP contribution is 2.51. The molecular weight excluding hydrogens is 280 g/mol. The average Bonchev–Trinajstić information content (AvgIpc) is 2.45. The molecule has 1 heterocycles. The predicted molar refractivity (Wildman–Crippen MR) is 61.7 cm³/mol. The van der Waals surface area contributed by atoms with Gasteiger partial charge in [0, 0.05) is 0 Å². The van der Waals surface area contributed by atoms with Crippen molar-refractivity contribution in [3.63, 3.8) is 0 Å². The molecule has 3 rings (SSSR count). The summed E-state index contributed by atoms with van der Waals surface area (Å²) < 4.78 is 64.3. The zero-order chi connectivity index (χ0) is 14.6. The highest BCUT2D eigenvalue weighted by molar-refractivity contribution is 5.64. The van der Waals surface area contributed by atoms with Gasteiger partial charge in [-0.05, 0) is 12.1 Å². The number of rotatable bonds is 0. The van der Waals surface area contributed by atoms with Crippen molar-refractivity contribution < 1.29 is 27.0 Å². The van der Waals surface area contributed by atoms with Gasteiger partial charge < -0.3 is 20.9 Å². The first kappa shape index (κ1) is 12.4. The minimum atomic E-state index is -1.64. The number of fused-ring (bicyclic) bond motifs is 2. The Labute approximate surface area is 109 Å². The molecule has 4 nitrogen and oxygen atoms in total. The molecular formula is C12H6F4N2O2. The van der Waals surface area contributed by atoms with E-state index in [1.807, 2.05) is 0 Å². The van der Waals surface area contributed by atoms with Crippen LogP contribution in [0.2, 0.25) is 0 Å². The van der Waals surface area contributed by atoms with E-state index in [0.717, 1.165) is 6.07 Å². The van der Waals surface area contributed by atoms with Crippen LogP contribution < -0.4 is 20.9 Å². The van der Waals surface area contributed by atoms with Crippen molar-refractivity contribution in [1.82, 2.24) is 0 Å². The molecule has 4 N–H and O–H groups in total. The lowest BCUT2D eigenvalue weighted by Gasteiger charge is -2.22. The Kier molecular flexibility index (Phi) is 2.43. The number of nitrogens with two attached hydrogens (primary N) is 2. The lowest BCUT2D eigenvalue weighted by Crippen LogP contribution is -2.10. The van der Waals surface area contributed by atoms with Crippen LogP contribution in [0.15, 0.2) is 12.1 Å². The van der Waals surface area contributed by atoms with Crippen LogP contribution in [-0.4, -0.2) is 0 Å². The topological polar surface area (TPSA) is 70.5 Å². The SMILES string of the molecule is Nc1ccc2c(c1F)Oc1c(F)c(F)c(N)c(F)c1O2. The number of halogens is 4. The van der Waals surface area contributed by atoms with Crippen LogP contribution >= 0.6 is 0 Å². The maximum atomic E-state index is 13.7. The lowest BCUT2D eigenvalue weighted by atomic mass is 10.2. The minimum Gasteiger partial charge on any atom is -0.446 e. The monoisotopic (exact) mass is 286 g/mol. The fourth-order valence-electron chi connectivity index (χ4n) is 1.76. The molecule has 0 amide bonds. The highest BCUT2D eigenvalue weighted by atomic mass is 19.2. The standard InChI is InChI=1S/C12H6F4N2O2/c13-5-3(17)1-2-4-10(5)20-11-7(15)6(14)9(18)8(16)12(11)19-4/h1-2H,17-18H2. The molecule has 0 unspecified atom stereocenters. The number of benzene rings is 2. The van der Waals surface area contributed by atoms with Crippen LogP contribution in [0.1, 0.15) is 0 Å². The molecule has 104 valence electrons. The van der Waals surface area contributed by atoms with Gasteiger partial charge in [0.05, 0.1) is 5.69 Å². The Morgan fingerprint density at radius 3 is 2.05 bits per heavy atom. The Morgan fingerprint density at radius 1 is 0.700 bits per heavy atom.